The van der Waals surface area contributed by atoms with E-state index in [9.17, 15) is 9.90 Å². The summed E-state index contributed by atoms with van der Waals surface area (Å²) in [6, 6.07) is 17.1. The third-order valence-corrected chi connectivity index (χ3v) is 5.38. The van der Waals surface area contributed by atoms with Gasteiger partial charge in [0.1, 0.15) is 5.69 Å². The number of para-hydroxylation sites is 1. The van der Waals surface area contributed by atoms with Crippen LogP contribution in [0.3, 0.4) is 0 Å². The molecule has 0 aliphatic heterocycles. The molecule has 2 aromatic carbocycles. The van der Waals surface area contributed by atoms with Crippen LogP contribution in [0, 0.1) is 0 Å². The Morgan fingerprint density at radius 2 is 1.71 bits per heavy atom. The minimum atomic E-state index is -0.251. The predicted molar refractivity (Wildman–Crippen MR) is 110 cm³/mol. The molecule has 28 heavy (non-hydrogen) atoms. The molecule has 0 spiro atoms. The lowest BCUT2D eigenvalue weighted by Crippen LogP contribution is -2.38. The molecular formula is C22H22ClN3O2. The van der Waals surface area contributed by atoms with Gasteiger partial charge < -0.3 is 10.4 Å². The standard InChI is InChI=1S/C22H22ClN3O2/c23-16-8-6-15(7-9-16)21-20(14-26(25-21)18-4-2-1-3-5-18)22(28)24-17-10-12-19(27)13-11-17/h1-9,14,17,19,27H,10-13H2,(H,24,28). The van der Waals surface area contributed by atoms with Crippen LogP contribution in [0.25, 0.3) is 16.9 Å². The number of aliphatic hydroxyl groups excluding tert-OH is 1. The van der Waals surface area contributed by atoms with Crippen molar-refractivity contribution in [2.24, 2.45) is 0 Å². The van der Waals surface area contributed by atoms with Gasteiger partial charge in [-0.2, -0.15) is 5.10 Å². The summed E-state index contributed by atoms with van der Waals surface area (Å²) < 4.78 is 1.73. The van der Waals surface area contributed by atoms with Crippen molar-refractivity contribution >= 4 is 17.5 Å². The van der Waals surface area contributed by atoms with Crippen LogP contribution < -0.4 is 5.32 Å². The number of hydrogen-bond donors (Lipinski definition) is 2. The molecule has 1 fully saturated rings. The van der Waals surface area contributed by atoms with Crippen LogP contribution in [0.15, 0.2) is 60.8 Å². The summed E-state index contributed by atoms with van der Waals surface area (Å²) >= 11 is 6.02. The summed E-state index contributed by atoms with van der Waals surface area (Å²) in [6.07, 6.45) is 4.54. The zero-order valence-electron chi connectivity index (χ0n) is 15.4. The van der Waals surface area contributed by atoms with Crippen molar-refractivity contribution in [2.45, 2.75) is 37.8 Å². The molecule has 0 atom stereocenters. The monoisotopic (exact) mass is 395 g/mol. The largest absolute Gasteiger partial charge is 0.393 e. The zero-order valence-corrected chi connectivity index (χ0v) is 16.1. The molecule has 144 valence electrons. The number of rotatable bonds is 4. The maximum Gasteiger partial charge on any atom is 0.255 e. The number of benzene rings is 2. The van der Waals surface area contributed by atoms with Crippen LogP contribution in [-0.2, 0) is 0 Å². The molecule has 6 heteroatoms. The number of halogens is 1. The third kappa shape index (κ3) is 4.11. The van der Waals surface area contributed by atoms with Crippen LogP contribution in [-0.4, -0.2) is 32.9 Å². The van der Waals surface area contributed by atoms with Crippen molar-refractivity contribution in [3.63, 3.8) is 0 Å². The van der Waals surface area contributed by atoms with Gasteiger partial charge in [-0.1, -0.05) is 41.9 Å². The summed E-state index contributed by atoms with van der Waals surface area (Å²) in [5, 5.41) is 18.1. The molecular weight excluding hydrogens is 374 g/mol. The second kappa shape index (κ2) is 8.17. The molecule has 4 rings (SSSR count). The van der Waals surface area contributed by atoms with Crippen molar-refractivity contribution in [3.8, 4) is 16.9 Å². The molecule has 2 N–H and O–H groups in total. The van der Waals surface area contributed by atoms with E-state index >= 15 is 0 Å². The first-order valence-corrected chi connectivity index (χ1v) is 9.88. The zero-order chi connectivity index (χ0) is 19.5. The van der Waals surface area contributed by atoms with Crippen LogP contribution in [0.2, 0.25) is 5.02 Å². The molecule has 5 nitrogen and oxygen atoms in total. The highest BCUT2D eigenvalue weighted by molar-refractivity contribution is 6.30. The quantitative estimate of drug-likeness (QED) is 0.694. The summed E-state index contributed by atoms with van der Waals surface area (Å²) in [5.74, 6) is -0.145. The van der Waals surface area contributed by atoms with Gasteiger partial charge in [0.2, 0.25) is 0 Å². The number of carbonyl (C=O) groups is 1. The van der Waals surface area contributed by atoms with E-state index in [1.165, 1.54) is 0 Å². The van der Waals surface area contributed by atoms with Gasteiger partial charge in [-0.15, -0.1) is 0 Å². The summed E-state index contributed by atoms with van der Waals surface area (Å²) in [4.78, 5) is 13.0. The fourth-order valence-corrected chi connectivity index (χ4v) is 3.68. The predicted octanol–water partition coefficient (Wildman–Crippen LogP) is 4.23. The van der Waals surface area contributed by atoms with Gasteiger partial charge in [0, 0.05) is 22.8 Å². The van der Waals surface area contributed by atoms with Gasteiger partial charge in [0.25, 0.3) is 5.91 Å². The molecule has 0 unspecified atom stereocenters. The fraction of sp³-hybridized carbons (Fsp3) is 0.273. The lowest BCUT2D eigenvalue weighted by molar-refractivity contribution is 0.0868. The third-order valence-electron chi connectivity index (χ3n) is 5.13. The first-order valence-electron chi connectivity index (χ1n) is 9.50. The summed E-state index contributed by atoms with van der Waals surface area (Å²) in [5.41, 5.74) is 2.87. The molecule has 1 saturated carbocycles. The average Bonchev–Trinajstić information content (AvgIpc) is 3.17. The highest BCUT2D eigenvalue weighted by Gasteiger charge is 2.24. The SMILES string of the molecule is O=C(NC1CCC(O)CC1)c1cn(-c2ccccc2)nc1-c1ccc(Cl)cc1. The Kier molecular flexibility index (Phi) is 5.46. The van der Waals surface area contributed by atoms with E-state index in [2.05, 4.69) is 10.4 Å². The molecule has 1 amide bonds. The molecule has 1 heterocycles. The van der Waals surface area contributed by atoms with Crippen molar-refractivity contribution in [3.05, 3.63) is 71.4 Å². The van der Waals surface area contributed by atoms with E-state index in [1.54, 1.807) is 23.0 Å². The van der Waals surface area contributed by atoms with Gasteiger partial charge in [-0.3, -0.25) is 4.79 Å². The molecule has 1 aliphatic rings. The van der Waals surface area contributed by atoms with E-state index in [0.29, 0.717) is 16.3 Å². The van der Waals surface area contributed by atoms with Crippen molar-refractivity contribution in [1.29, 1.82) is 0 Å². The maximum absolute atomic E-state index is 13.0. The Hall–Kier alpha value is -2.63. The Morgan fingerprint density at radius 1 is 1.04 bits per heavy atom. The first-order chi connectivity index (χ1) is 13.6. The van der Waals surface area contributed by atoms with Crippen LogP contribution in [0.4, 0.5) is 0 Å². The topological polar surface area (TPSA) is 67.2 Å². The highest BCUT2D eigenvalue weighted by atomic mass is 35.5. The summed E-state index contributed by atoms with van der Waals surface area (Å²) in [6.45, 7) is 0. The Labute approximate surface area is 169 Å². The van der Waals surface area contributed by atoms with Crippen LogP contribution in [0.1, 0.15) is 36.0 Å². The number of nitrogens with zero attached hydrogens (tertiary/aromatic N) is 2. The number of hydrogen-bond acceptors (Lipinski definition) is 3. The maximum atomic E-state index is 13.0. The minimum absolute atomic E-state index is 0.0778. The highest BCUT2D eigenvalue weighted by Crippen LogP contribution is 2.26. The minimum Gasteiger partial charge on any atom is -0.393 e. The van der Waals surface area contributed by atoms with Gasteiger partial charge in [-0.05, 0) is 49.9 Å². The molecule has 0 bridgehead atoms. The Bertz CT molecular complexity index is 946. The lowest BCUT2D eigenvalue weighted by Gasteiger charge is -2.26. The first kappa shape index (κ1) is 18.7. The lowest BCUT2D eigenvalue weighted by atomic mass is 9.93. The second-order valence-electron chi connectivity index (χ2n) is 7.16. The van der Waals surface area contributed by atoms with E-state index < -0.39 is 0 Å². The Morgan fingerprint density at radius 3 is 2.39 bits per heavy atom. The van der Waals surface area contributed by atoms with Gasteiger partial charge >= 0.3 is 0 Å². The normalized spacial score (nSPS) is 19.4. The van der Waals surface area contributed by atoms with E-state index in [4.69, 9.17) is 11.6 Å². The van der Waals surface area contributed by atoms with Gasteiger partial charge in [0.05, 0.1) is 17.4 Å². The summed E-state index contributed by atoms with van der Waals surface area (Å²) in [7, 11) is 0. The fourth-order valence-electron chi connectivity index (χ4n) is 3.56. The number of amides is 1. The second-order valence-corrected chi connectivity index (χ2v) is 7.59. The van der Waals surface area contributed by atoms with Gasteiger partial charge in [-0.25, -0.2) is 4.68 Å². The van der Waals surface area contributed by atoms with Crippen molar-refractivity contribution in [2.75, 3.05) is 0 Å². The van der Waals surface area contributed by atoms with Gasteiger partial charge in [0.15, 0.2) is 0 Å². The molecule has 0 radical (unpaired) electrons. The molecule has 3 aromatic rings. The van der Waals surface area contributed by atoms with E-state index in [0.717, 1.165) is 36.9 Å². The smallest absolute Gasteiger partial charge is 0.255 e. The van der Waals surface area contributed by atoms with Crippen LogP contribution >= 0.6 is 11.6 Å². The number of aliphatic hydroxyl groups is 1. The number of aromatic nitrogens is 2. The van der Waals surface area contributed by atoms with E-state index in [-0.39, 0.29) is 18.1 Å². The number of carbonyl (C=O) groups excluding carboxylic acids is 1. The molecule has 1 aliphatic carbocycles. The van der Waals surface area contributed by atoms with E-state index in [1.807, 2.05) is 42.5 Å². The number of nitrogens with one attached hydrogen (secondary N) is 1. The molecule has 1 aromatic heterocycles. The molecule has 0 saturated heterocycles. The van der Waals surface area contributed by atoms with Crippen LogP contribution in [0.5, 0.6) is 0 Å². The van der Waals surface area contributed by atoms with Crippen molar-refractivity contribution < 1.29 is 9.90 Å². The Balaban J connectivity index is 1.67. The average molecular weight is 396 g/mol. The van der Waals surface area contributed by atoms with Crippen molar-refractivity contribution in [1.82, 2.24) is 15.1 Å².